The zero-order valence-electron chi connectivity index (χ0n) is 19.7. The van der Waals surface area contributed by atoms with Gasteiger partial charge in [-0.25, -0.2) is 8.42 Å². The second-order valence-electron chi connectivity index (χ2n) is 8.32. The van der Waals surface area contributed by atoms with Gasteiger partial charge in [-0.15, -0.1) is 5.10 Å². The van der Waals surface area contributed by atoms with Crippen molar-refractivity contribution in [1.29, 1.82) is 0 Å². The van der Waals surface area contributed by atoms with Crippen molar-refractivity contribution in [3.05, 3.63) is 107 Å². The summed E-state index contributed by atoms with van der Waals surface area (Å²) in [5.74, 6) is -0.0978. The molecule has 4 aromatic rings. The molecule has 0 saturated carbocycles. The molecule has 1 aromatic heterocycles. The molecule has 1 N–H and O–H groups in total. The summed E-state index contributed by atoms with van der Waals surface area (Å²) in [6, 6.07) is 21.1. The molecule has 0 radical (unpaired) electrons. The molecule has 0 fully saturated rings. The number of carbonyl (C=O) groups is 1. The van der Waals surface area contributed by atoms with Crippen LogP contribution in [0.2, 0.25) is 0 Å². The number of rotatable bonds is 8. The number of benzene rings is 3. The molecular formula is C26H26N4O4S. The highest BCUT2D eigenvalue weighted by molar-refractivity contribution is 7.89. The molecule has 8 nitrogen and oxygen atoms in total. The Morgan fingerprint density at radius 2 is 1.63 bits per heavy atom. The SMILES string of the molecule is Cc1ccc(Cc2nnc(NC(=O)c3ccc(S(=O)(=O)N(C)Cc4ccccc4)cc3)o2)cc1C. The van der Waals surface area contributed by atoms with Crippen molar-refractivity contribution in [2.75, 3.05) is 12.4 Å². The van der Waals surface area contributed by atoms with Crippen molar-refractivity contribution in [3.8, 4) is 0 Å². The lowest BCUT2D eigenvalue weighted by atomic mass is 10.0. The molecule has 1 heterocycles. The Morgan fingerprint density at radius 1 is 0.914 bits per heavy atom. The van der Waals surface area contributed by atoms with Gasteiger partial charge in [-0.1, -0.05) is 53.6 Å². The largest absolute Gasteiger partial charge is 0.407 e. The van der Waals surface area contributed by atoms with E-state index in [9.17, 15) is 13.2 Å². The van der Waals surface area contributed by atoms with Gasteiger partial charge in [-0.2, -0.15) is 4.31 Å². The van der Waals surface area contributed by atoms with E-state index in [-0.39, 0.29) is 23.0 Å². The van der Waals surface area contributed by atoms with Crippen molar-refractivity contribution < 1.29 is 17.6 Å². The molecule has 180 valence electrons. The third-order valence-electron chi connectivity index (χ3n) is 5.69. The van der Waals surface area contributed by atoms with Gasteiger partial charge in [0.15, 0.2) is 0 Å². The molecule has 35 heavy (non-hydrogen) atoms. The quantitative estimate of drug-likeness (QED) is 0.394. The molecule has 0 aliphatic carbocycles. The first-order chi connectivity index (χ1) is 16.7. The molecule has 0 bridgehead atoms. The molecule has 9 heteroatoms. The maximum Gasteiger partial charge on any atom is 0.322 e. The molecule has 1 amide bonds. The Hall–Kier alpha value is -3.82. The molecule has 0 aliphatic heterocycles. The number of carbonyl (C=O) groups excluding carboxylic acids is 1. The molecule has 0 saturated heterocycles. The van der Waals surface area contributed by atoms with E-state index in [1.54, 1.807) is 0 Å². The summed E-state index contributed by atoms with van der Waals surface area (Å²) in [5, 5.41) is 10.4. The van der Waals surface area contributed by atoms with Gasteiger partial charge in [0, 0.05) is 19.2 Å². The van der Waals surface area contributed by atoms with Crippen LogP contribution in [0.4, 0.5) is 6.01 Å². The molecule has 4 rings (SSSR count). The zero-order chi connectivity index (χ0) is 25.0. The minimum Gasteiger partial charge on any atom is -0.407 e. The number of hydrogen-bond donors (Lipinski definition) is 1. The van der Waals surface area contributed by atoms with Crippen molar-refractivity contribution in [3.63, 3.8) is 0 Å². The van der Waals surface area contributed by atoms with Crippen LogP contribution in [0.15, 0.2) is 82.1 Å². The van der Waals surface area contributed by atoms with E-state index in [0.717, 1.165) is 11.1 Å². The summed E-state index contributed by atoms with van der Waals surface area (Å²) in [6.07, 6.45) is 0.451. The third kappa shape index (κ3) is 5.82. The Kier molecular flexibility index (Phi) is 7.09. The molecule has 0 atom stereocenters. The van der Waals surface area contributed by atoms with Gasteiger partial charge in [0.2, 0.25) is 15.9 Å². The van der Waals surface area contributed by atoms with Crippen molar-refractivity contribution >= 4 is 21.9 Å². The summed E-state index contributed by atoms with van der Waals surface area (Å²) in [4.78, 5) is 12.7. The van der Waals surface area contributed by atoms with Gasteiger partial charge in [0.25, 0.3) is 5.91 Å². The van der Waals surface area contributed by atoms with Crippen LogP contribution in [0, 0.1) is 13.8 Å². The number of hydrogen-bond acceptors (Lipinski definition) is 6. The zero-order valence-corrected chi connectivity index (χ0v) is 20.5. The second-order valence-corrected chi connectivity index (χ2v) is 10.4. The maximum absolute atomic E-state index is 12.9. The fourth-order valence-electron chi connectivity index (χ4n) is 3.52. The van der Waals surface area contributed by atoms with Gasteiger partial charge in [-0.3, -0.25) is 10.1 Å². The highest BCUT2D eigenvalue weighted by atomic mass is 32.2. The first kappa shape index (κ1) is 24.3. The summed E-state index contributed by atoms with van der Waals surface area (Å²) in [7, 11) is -2.19. The van der Waals surface area contributed by atoms with E-state index in [1.165, 1.54) is 46.7 Å². The van der Waals surface area contributed by atoms with E-state index in [1.807, 2.05) is 56.3 Å². The number of anilines is 1. The monoisotopic (exact) mass is 490 g/mol. The molecule has 0 spiro atoms. The smallest absolute Gasteiger partial charge is 0.322 e. The highest BCUT2D eigenvalue weighted by Crippen LogP contribution is 2.19. The minimum atomic E-state index is -3.71. The topological polar surface area (TPSA) is 105 Å². The van der Waals surface area contributed by atoms with Gasteiger partial charge < -0.3 is 4.42 Å². The standard InChI is InChI=1S/C26H26N4O4S/c1-18-9-10-21(15-19(18)2)16-24-28-29-26(34-24)27-25(31)22-11-13-23(14-12-22)35(32,33)30(3)17-20-7-5-4-6-8-20/h4-15H,16-17H2,1-3H3,(H,27,29,31). The van der Waals surface area contributed by atoms with E-state index in [0.29, 0.717) is 12.3 Å². The number of aromatic nitrogens is 2. The van der Waals surface area contributed by atoms with Gasteiger partial charge >= 0.3 is 6.01 Å². The van der Waals surface area contributed by atoms with Crippen LogP contribution in [-0.2, 0) is 23.0 Å². The highest BCUT2D eigenvalue weighted by Gasteiger charge is 2.21. The predicted octanol–water partition coefficient (Wildman–Crippen LogP) is 4.35. The van der Waals surface area contributed by atoms with Crippen LogP contribution in [-0.4, -0.2) is 35.9 Å². The minimum absolute atomic E-state index is 0.0203. The van der Waals surface area contributed by atoms with Crippen LogP contribution in [0.25, 0.3) is 0 Å². The number of amides is 1. The summed E-state index contributed by atoms with van der Waals surface area (Å²) < 4.78 is 32.6. The normalized spacial score (nSPS) is 11.5. The summed E-state index contributed by atoms with van der Waals surface area (Å²) >= 11 is 0. The van der Waals surface area contributed by atoms with Crippen LogP contribution < -0.4 is 5.32 Å². The first-order valence-electron chi connectivity index (χ1n) is 11.0. The van der Waals surface area contributed by atoms with E-state index < -0.39 is 15.9 Å². The van der Waals surface area contributed by atoms with Crippen molar-refractivity contribution in [1.82, 2.24) is 14.5 Å². The number of nitrogens with one attached hydrogen (secondary N) is 1. The Balaban J connectivity index is 1.39. The lowest BCUT2D eigenvalue weighted by molar-refractivity contribution is 0.102. The van der Waals surface area contributed by atoms with Gasteiger partial charge in [0.05, 0.1) is 11.3 Å². The van der Waals surface area contributed by atoms with Crippen LogP contribution in [0.1, 0.15) is 38.5 Å². The van der Waals surface area contributed by atoms with E-state index in [2.05, 4.69) is 21.6 Å². The Morgan fingerprint density at radius 3 is 2.31 bits per heavy atom. The van der Waals surface area contributed by atoms with Crippen molar-refractivity contribution in [2.24, 2.45) is 0 Å². The van der Waals surface area contributed by atoms with E-state index >= 15 is 0 Å². The Labute approximate surface area is 204 Å². The maximum atomic E-state index is 12.9. The fraction of sp³-hybridized carbons (Fsp3) is 0.192. The third-order valence-corrected chi connectivity index (χ3v) is 7.50. The lowest BCUT2D eigenvalue weighted by Gasteiger charge is -2.17. The van der Waals surface area contributed by atoms with Crippen molar-refractivity contribution in [2.45, 2.75) is 31.7 Å². The molecule has 3 aromatic carbocycles. The summed E-state index contributed by atoms with van der Waals surface area (Å²) in [6.45, 7) is 4.33. The number of aryl methyl sites for hydroxylation is 2. The fourth-order valence-corrected chi connectivity index (χ4v) is 4.68. The number of sulfonamides is 1. The Bertz CT molecular complexity index is 1430. The van der Waals surface area contributed by atoms with Crippen LogP contribution >= 0.6 is 0 Å². The lowest BCUT2D eigenvalue weighted by Crippen LogP contribution is -2.26. The number of nitrogens with zero attached hydrogens (tertiary/aromatic N) is 3. The molecular weight excluding hydrogens is 464 g/mol. The van der Waals surface area contributed by atoms with Crippen LogP contribution in [0.3, 0.4) is 0 Å². The van der Waals surface area contributed by atoms with E-state index in [4.69, 9.17) is 4.42 Å². The van der Waals surface area contributed by atoms with Gasteiger partial charge in [-0.05, 0) is 60.4 Å². The van der Waals surface area contributed by atoms with Gasteiger partial charge in [0.1, 0.15) is 0 Å². The average molecular weight is 491 g/mol. The second kappa shape index (κ2) is 10.2. The molecule has 0 aliphatic rings. The molecule has 0 unspecified atom stereocenters. The average Bonchev–Trinajstić information content (AvgIpc) is 3.28. The first-order valence-corrected chi connectivity index (χ1v) is 12.5. The predicted molar refractivity (Wildman–Crippen MR) is 133 cm³/mol. The summed E-state index contributed by atoms with van der Waals surface area (Å²) in [5.41, 5.74) is 4.55. The van der Waals surface area contributed by atoms with Crippen LogP contribution in [0.5, 0.6) is 0 Å².